The molecule has 0 N–H and O–H groups in total. The fraction of sp³-hybridized carbons (Fsp3) is 0.188. The van der Waals surface area contributed by atoms with Gasteiger partial charge in [0.1, 0.15) is 10.6 Å². The lowest BCUT2D eigenvalue weighted by Crippen LogP contribution is -2.08. The van der Waals surface area contributed by atoms with Crippen molar-refractivity contribution in [3.8, 4) is 17.2 Å². The van der Waals surface area contributed by atoms with E-state index in [4.69, 9.17) is 13.9 Å². The molecule has 10 heteroatoms. The van der Waals surface area contributed by atoms with E-state index in [0.717, 1.165) is 11.3 Å². The van der Waals surface area contributed by atoms with Crippen molar-refractivity contribution < 1.29 is 23.6 Å². The highest BCUT2D eigenvalue weighted by Crippen LogP contribution is 2.28. The molecular weight excluding hydrogens is 362 g/mol. The minimum atomic E-state index is -0.803. The van der Waals surface area contributed by atoms with Crippen LogP contribution < -0.4 is 4.74 Å². The summed E-state index contributed by atoms with van der Waals surface area (Å²) >= 11 is 0.740. The van der Waals surface area contributed by atoms with E-state index in [1.54, 1.807) is 38.3 Å². The smallest absolute Gasteiger partial charge is 0.349 e. The number of aromatic nitrogens is 2. The standard InChI is InChI=1S/C16H13N3O6S/c1-9(24-16(20)12-7-8-13(26-12)19(21)22)14-17-18-15(25-14)10-3-5-11(23-2)6-4-10/h3-9H,1-2H3. The Balaban J connectivity index is 1.69. The second-order valence-corrected chi connectivity index (χ2v) is 6.18. The molecule has 1 atom stereocenters. The third kappa shape index (κ3) is 3.70. The van der Waals surface area contributed by atoms with E-state index in [-0.39, 0.29) is 21.7 Å². The van der Waals surface area contributed by atoms with Crippen LogP contribution in [0.1, 0.15) is 28.6 Å². The van der Waals surface area contributed by atoms with E-state index < -0.39 is 17.0 Å². The van der Waals surface area contributed by atoms with Gasteiger partial charge in [0.15, 0.2) is 6.10 Å². The maximum Gasteiger partial charge on any atom is 0.349 e. The molecule has 2 aromatic heterocycles. The SMILES string of the molecule is COc1ccc(-c2nnc(C(C)OC(=O)c3ccc([N+](=O)[O-])s3)o2)cc1. The molecule has 134 valence electrons. The summed E-state index contributed by atoms with van der Waals surface area (Å²) in [6, 6.07) is 9.63. The van der Waals surface area contributed by atoms with Crippen molar-refractivity contribution in [1.29, 1.82) is 0 Å². The Morgan fingerprint density at radius 3 is 2.58 bits per heavy atom. The molecule has 1 unspecified atom stereocenters. The molecule has 0 fully saturated rings. The van der Waals surface area contributed by atoms with Crippen molar-refractivity contribution >= 4 is 22.3 Å². The Bertz CT molecular complexity index is 934. The molecule has 0 bridgehead atoms. The number of nitrogens with zero attached hydrogens (tertiary/aromatic N) is 3. The van der Waals surface area contributed by atoms with Gasteiger partial charge < -0.3 is 13.9 Å². The van der Waals surface area contributed by atoms with E-state index in [1.807, 2.05) is 0 Å². The predicted octanol–water partition coefficient (Wildman–Crippen LogP) is 3.63. The summed E-state index contributed by atoms with van der Waals surface area (Å²) in [5.74, 6) is 0.396. The minimum absolute atomic E-state index is 0.121. The largest absolute Gasteiger partial charge is 0.497 e. The monoisotopic (exact) mass is 375 g/mol. The molecule has 0 saturated heterocycles. The third-order valence-corrected chi connectivity index (χ3v) is 4.40. The van der Waals surface area contributed by atoms with Gasteiger partial charge in [-0.1, -0.05) is 11.3 Å². The molecule has 0 aliphatic rings. The van der Waals surface area contributed by atoms with Gasteiger partial charge in [-0.15, -0.1) is 10.2 Å². The lowest BCUT2D eigenvalue weighted by molar-refractivity contribution is -0.380. The fourth-order valence-corrected chi connectivity index (χ4v) is 2.76. The Hall–Kier alpha value is -3.27. The lowest BCUT2D eigenvalue weighted by Gasteiger charge is -2.07. The summed E-state index contributed by atoms with van der Waals surface area (Å²) in [6.07, 6.45) is -0.803. The molecule has 1 aromatic carbocycles. The van der Waals surface area contributed by atoms with Crippen LogP contribution in [0, 0.1) is 10.1 Å². The van der Waals surface area contributed by atoms with Crippen LogP contribution in [0.3, 0.4) is 0 Å². The van der Waals surface area contributed by atoms with Crippen LogP contribution in [0.15, 0.2) is 40.8 Å². The predicted molar refractivity (Wildman–Crippen MR) is 91.1 cm³/mol. The van der Waals surface area contributed by atoms with Crippen LogP contribution in [-0.2, 0) is 4.74 Å². The van der Waals surface area contributed by atoms with E-state index in [2.05, 4.69) is 10.2 Å². The van der Waals surface area contributed by atoms with Gasteiger partial charge in [-0.3, -0.25) is 10.1 Å². The Morgan fingerprint density at radius 2 is 1.96 bits per heavy atom. The molecule has 0 radical (unpaired) electrons. The van der Waals surface area contributed by atoms with Crippen LogP contribution in [-0.4, -0.2) is 28.2 Å². The second-order valence-electron chi connectivity index (χ2n) is 5.12. The van der Waals surface area contributed by atoms with Gasteiger partial charge in [-0.05, 0) is 37.3 Å². The Labute approximate surface area is 151 Å². The number of thiophene rings is 1. The van der Waals surface area contributed by atoms with Crippen molar-refractivity contribution in [2.24, 2.45) is 0 Å². The highest BCUT2D eigenvalue weighted by Gasteiger charge is 2.22. The quantitative estimate of drug-likeness (QED) is 0.364. The number of methoxy groups -OCH3 is 1. The number of carbonyl (C=O) groups is 1. The van der Waals surface area contributed by atoms with Crippen molar-refractivity contribution in [2.45, 2.75) is 13.0 Å². The van der Waals surface area contributed by atoms with Crippen LogP contribution in [0.5, 0.6) is 5.75 Å². The number of hydrogen-bond donors (Lipinski definition) is 0. The number of esters is 1. The molecule has 0 aliphatic heterocycles. The second kappa shape index (κ2) is 7.31. The number of benzene rings is 1. The molecule has 9 nitrogen and oxygen atoms in total. The molecule has 26 heavy (non-hydrogen) atoms. The van der Waals surface area contributed by atoms with Gasteiger partial charge in [0.2, 0.25) is 5.89 Å². The first kappa shape index (κ1) is 17.5. The summed E-state index contributed by atoms with van der Waals surface area (Å²) in [4.78, 5) is 22.3. The molecule has 2 heterocycles. The van der Waals surface area contributed by atoms with Crippen molar-refractivity contribution in [3.05, 3.63) is 57.3 Å². The van der Waals surface area contributed by atoms with Crippen LogP contribution >= 0.6 is 11.3 Å². The van der Waals surface area contributed by atoms with Crippen LogP contribution in [0.2, 0.25) is 0 Å². The first-order valence-corrected chi connectivity index (χ1v) is 8.22. The Kier molecular flexibility index (Phi) is 4.94. The molecule has 0 aliphatic carbocycles. The third-order valence-electron chi connectivity index (χ3n) is 3.38. The number of carbonyl (C=O) groups excluding carboxylic acids is 1. The molecule has 3 aromatic rings. The zero-order valence-electron chi connectivity index (χ0n) is 13.7. The van der Waals surface area contributed by atoms with E-state index in [1.165, 1.54) is 12.1 Å². The lowest BCUT2D eigenvalue weighted by atomic mass is 10.2. The van der Waals surface area contributed by atoms with Crippen molar-refractivity contribution in [2.75, 3.05) is 7.11 Å². The van der Waals surface area contributed by atoms with E-state index in [0.29, 0.717) is 11.3 Å². The fourth-order valence-electron chi connectivity index (χ4n) is 2.05. The minimum Gasteiger partial charge on any atom is -0.497 e. The van der Waals surface area contributed by atoms with Gasteiger partial charge in [0, 0.05) is 11.6 Å². The molecular formula is C16H13N3O6S. The maximum atomic E-state index is 12.1. The topological polar surface area (TPSA) is 118 Å². The first-order chi connectivity index (χ1) is 12.5. The number of ether oxygens (including phenoxy) is 2. The van der Waals surface area contributed by atoms with Crippen molar-refractivity contribution in [1.82, 2.24) is 10.2 Å². The highest BCUT2D eigenvalue weighted by atomic mass is 32.1. The Morgan fingerprint density at radius 1 is 1.23 bits per heavy atom. The van der Waals surface area contributed by atoms with Gasteiger partial charge in [-0.2, -0.15) is 0 Å². The normalized spacial score (nSPS) is 11.8. The summed E-state index contributed by atoms with van der Waals surface area (Å²) < 4.78 is 15.9. The highest BCUT2D eigenvalue weighted by molar-refractivity contribution is 7.17. The number of rotatable bonds is 6. The summed E-state index contributed by atoms with van der Waals surface area (Å²) in [5.41, 5.74) is 0.692. The number of nitro groups is 1. The van der Waals surface area contributed by atoms with Gasteiger partial charge >= 0.3 is 11.0 Å². The summed E-state index contributed by atoms with van der Waals surface area (Å²) in [6.45, 7) is 1.57. The van der Waals surface area contributed by atoms with Crippen molar-refractivity contribution in [3.63, 3.8) is 0 Å². The molecule has 0 saturated carbocycles. The van der Waals surface area contributed by atoms with Crippen LogP contribution in [0.4, 0.5) is 5.00 Å². The first-order valence-electron chi connectivity index (χ1n) is 7.41. The number of hydrogen-bond acceptors (Lipinski definition) is 9. The maximum absolute atomic E-state index is 12.1. The van der Waals surface area contributed by atoms with Crippen LogP contribution in [0.25, 0.3) is 11.5 Å². The van der Waals surface area contributed by atoms with E-state index >= 15 is 0 Å². The van der Waals surface area contributed by atoms with Gasteiger partial charge in [-0.25, -0.2) is 4.79 Å². The average molecular weight is 375 g/mol. The summed E-state index contributed by atoms with van der Waals surface area (Å²) in [5, 5.41) is 18.4. The zero-order chi connectivity index (χ0) is 18.7. The van der Waals surface area contributed by atoms with E-state index in [9.17, 15) is 14.9 Å². The average Bonchev–Trinajstić information content (AvgIpc) is 3.31. The molecule has 0 amide bonds. The van der Waals surface area contributed by atoms with Gasteiger partial charge in [0.25, 0.3) is 5.89 Å². The molecule has 0 spiro atoms. The summed E-state index contributed by atoms with van der Waals surface area (Å²) in [7, 11) is 1.57. The van der Waals surface area contributed by atoms with Gasteiger partial charge in [0.05, 0.1) is 12.0 Å². The molecule has 3 rings (SSSR count). The zero-order valence-corrected chi connectivity index (χ0v) is 14.6.